The summed E-state index contributed by atoms with van der Waals surface area (Å²) in [4.78, 5) is 13.1. The minimum Gasteiger partial charge on any atom is -0.346 e. The average molecular weight is 337 g/mol. The van der Waals surface area contributed by atoms with Crippen molar-refractivity contribution in [1.29, 1.82) is 0 Å². The van der Waals surface area contributed by atoms with Crippen molar-refractivity contribution in [2.75, 3.05) is 11.6 Å². The Kier molecular flexibility index (Phi) is 5.35. The fraction of sp³-hybridized carbons (Fsp3) is 0.417. The Hall–Kier alpha value is -0.190. The van der Waals surface area contributed by atoms with E-state index in [4.69, 9.17) is 11.6 Å². The van der Waals surface area contributed by atoms with E-state index in [-0.39, 0.29) is 11.4 Å². The summed E-state index contributed by atoms with van der Waals surface area (Å²) in [5.41, 5.74) is 0.225. The van der Waals surface area contributed by atoms with Crippen LogP contribution >= 0.6 is 39.3 Å². The second kappa shape index (κ2) is 6.12. The van der Waals surface area contributed by atoms with Gasteiger partial charge in [0.05, 0.1) is 10.6 Å². The fourth-order valence-electron chi connectivity index (χ4n) is 1.21. The second-order valence-corrected chi connectivity index (χ2v) is 6.17. The molecule has 0 unspecified atom stereocenters. The summed E-state index contributed by atoms with van der Waals surface area (Å²) in [6.07, 6.45) is 1.97. The maximum absolute atomic E-state index is 12.1. The molecule has 0 aromatic heterocycles. The molecule has 17 heavy (non-hydrogen) atoms. The number of nitrogens with one attached hydrogen (secondary N) is 1. The van der Waals surface area contributed by atoms with Crippen LogP contribution < -0.4 is 5.32 Å². The van der Waals surface area contributed by atoms with Crippen molar-refractivity contribution in [1.82, 2.24) is 5.32 Å². The molecular formula is C12H15BrClNOS. The maximum Gasteiger partial charge on any atom is 0.253 e. The zero-order valence-electron chi connectivity index (χ0n) is 10.0. The summed E-state index contributed by atoms with van der Waals surface area (Å²) in [5, 5.41) is 4.10. The van der Waals surface area contributed by atoms with Crippen molar-refractivity contribution in [3.8, 4) is 0 Å². The van der Waals surface area contributed by atoms with Gasteiger partial charge in [-0.05, 0) is 38.3 Å². The zero-order chi connectivity index (χ0) is 13.1. The lowest BCUT2D eigenvalue weighted by molar-refractivity contribution is 0.0921. The summed E-state index contributed by atoms with van der Waals surface area (Å²) >= 11 is 11.0. The van der Waals surface area contributed by atoms with Crippen LogP contribution in [-0.2, 0) is 0 Å². The molecule has 0 aliphatic carbocycles. The molecule has 1 amide bonds. The highest BCUT2D eigenvalue weighted by atomic mass is 79.9. The first-order valence-electron chi connectivity index (χ1n) is 5.11. The van der Waals surface area contributed by atoms with E-state index < -0.39 is 0 Å². The Balaban J connectivity index is 2.96. The van der Waals surface area contributed by atoms with Gasteiger partial charge in [-0.3, -0.25) is 4.79 Å². The molecule has 5 heteroatoms. The van der Waals surface area contributed by atoms with Gasteiger partial charge >= 0.3 is 0 Å². The molecule has 0 saturated heterocycles. The molecule has 0 saturated carbocycles. The van der Waals surface area contributed by atoms with E-state index in [1.807, 2.05) is 32.2 Å². The third-order valence-electron chi connectivity index (χ3n) is 2.20. The number of alkyl halides is 1. The number of hydrogen-bond acceptors (Lipinski definition) is 2. The van der Waals surface area contributed by atoms with E-state index in [9.17, 15) is 4.79 Å². The smallest absolute Gasteiger partial charge is 0.253 e. The van der Waals surface area contributed by atoms with Gasteiger partial charge in [0, 0.05) is 15.8 Å². The molecule has 0 heterocycles. The van der Waals surface area contributed by atoms with Crippen LogP contribution in [0.4, 0.5) is 0 Å². The predicted molar refractivity (Wildman–Crippen MR) is 78.6 cm³/mol. The highest BCUT2D eigenvalue weighted by molar-refractivity contribution is 9.09. The lowest BCUT2D eigenvalue weighted by Crippen LogP contribution is -2.44. The molecular weight excluding hydrogens is 322 g/mol. The van der Waals surface area contributed by atoms with Crippen LogP contribution in [0.15, 0.2) is 23.1 Å². The van der Waals surface area contributed by atoms with E-state index >= 15 is 0 Å². The molecule has 1 aromatic carbocycles. The molecule has 0 fully saturated rings. The largest absolute Gasteiger partial charge is 0.346 e. The van der Waals surface area contributed by atoms with Crippen molar-refractivity contribution in [3.63, 3.8) is 0 Å². The molecule has 1 rings (SSSR count). The number of thioether (sulfide) groups is 1. The van der Waals surface area contributed by atoms with Crippen molar-refractivity contribution in [2.24, 2.45) is 0 Å². The van der Waals surface area contributed by atoms with Crippen LogP contribution in [0.25, 0.3) is 0 Å². The minimum absolute atomic E-state index is 0.143. The summed E-state index contributed by atoms with van der Waals surface area (Å²) in [7, 11) is 0. The molecule has 1 aromatic rings. The molecule has 0 aliphatic heterocycles. The fourth-order valence-corrected chi connectivity index (χ4v) is 2.00. The minimum atomic E-state index is -0.296. The highest BCUT2D eigenvalue weighted by Crippen LogP contribution is 2.23. The summed E-state index contributed by atoms with van der Waals surface area (Å²) in [6, 6.07) is 5.47. The van der Waals surface area contributed by atoms with Crippen LogP contribution in [0.2, 0.25) is 5.02 Å². The maximum atomic E-state index is 12.1. The van der Waals surface area contributed by atoms with Crippen LogP contribution in [0.5, 0.6) is 0 Å². The Morgan fingerprint density at radius 3 is 2.71 bits per heavy atom. The van der Waals surface area contributed by atoms with E-state index in [2.05, 4.69) is 21.2 Å². The van der Waals surface area contributed by atoms with Crippen LogP contribution in [0, 0.1) is 0 Å². The first-order valence-corrected chi connectivity index (χ1v) is 7.84. The van der Waals surface area contributed by atoms with E-state index in [1.165, 1.54) is 0 Å². The number of hydrogen-bond donors (Lipinski definition) is 1. The third-order valence-corrected chi connectivity index (χ3v) is 4.66. The molecule has 0 spiro atoms. The highest BCUT2D eigenvalue weighted by Gasteiger charge is 2.21. The summed E-state index contributed by atoms with van der Waals surface area (Å²) in [5.74, 6) is -0.143. The summed E-state index contributed by atoms with van der Waals surface area (Å²) < 4.78 is 0. The van der Waals surface area contributed by atoms with Gasteiger partial charge in [0.1, 0.15) is 0 Å². The van der Waals surface area contributed by atoms with Crippen molar-refractivity contribution in [2.45, 2.75) is 24.3 Å². The van der Waals surface area contributed by atoms with E-state index in [0.29, 0.717) is 15.9 Å². The third kappa shape index (κ3) is 4.19. The van der Waals surface area contributed by atoms with Crippen molar-refractivity contribution in [3.05, 3.63) is 28.8 Å². The number of benzene rings is 1. The van der Waals surface area contributed by atoms with Crippen LogP contribution in [-0.4, -0.2) is 23.0 Å². The van der Waals surface area contributed by atoms with Gasteiger partial charge in [0.15, 0.2) is 0 Å². The van der Waals surface area contributed by atoms with Crippen molar-refractivity contribution < 1.29 is 4.79 Å². The predicted octanol–water partition coefficient (Wildman–Crippen LogP) is 3.97. The van der Waals surface area contributed by atoms with E-state index in [1.54, 1.807) is 17.8 Å². The number of amides is 1. The molecule has 94 valence electrons. The van der Waals surface area contributed by atoms with Gasteiger partial charge in [-0.25, -0.2) is 0 Å². The number of carbonyl (C=O) groups is 1. The Bertz CT molecular complexity index is 423. The normalized spacial score (nSPS) is 11.4. The number of carbonyl (C=O) groups excluding carboxylic acids is 1. The second-order valence-electron chi connectivity index (χ2n) is 4.32. The first-order chi connectivity index (χ1) is 7.89. The topological polar surface area (TPSA) is 29.1 Å². The number of rotatable bonds is 4. The number of halogens is 2. The SMILES string of the molecule is CSc1ccc(Cl)c(C(=O)NC(C)(C)CBr)c1. The Labute approximate surface area is 120 Å². The lowest BCUT2D eigenvalue weighted by Gasteiger charge is -2.23. The molecule has 0 radical (unpaired) electrons. The summed E-state index contributed by atoms with van der Waals surface area (Å²) in [6.45, 7) is 3.90. The van der Waals surface area contributed by atoms with Gasteiger partial charge < -0.3 is 5.32 Å². The molecule has 0 aliphatic rings. The Morgan fingerprint density at radius 2 is 2.18 bits per heavy atom. The average Bonchev–Trinajstić information content (AvgIpc) is 2.29. The monoisotopic (exact) mass is 335 g/mol. The first kappa shape index (κ1) is 14.9. The van der Waals surface area contributed by atoms with Crippen LogP contribution in [0.1, 0.15) is 24.2 Å². The molecule has 2 nitrogen and oxygen atoms in total. The lowest BCUT2D eigenvalue weighted by atomic mass is 10.1. The Morgan fingerprint density at radius 1 is 1.53 bits per heavy atom. The van der Waals surface area contributed by atoms with E-state index in [0.717, 1.165) is 4.90 Å². The van der Waals surface area contributed by atoms with Gasteiger partial charge in [-0.2, -0.15) is 0 Å². The van der Waals surface area contributed by atoms with Gasteiger partial charge in [-0.1, -0.05) is 27.5 Å². The van der Waals surface area contributed by atoms with Crippen LogP contribution in [0.3, 0.4) is 0 Å². The zero-order valence-corrected chi connectivity index (χ0v) is 13.2. The van der Waals surface area contributed by atoms with Gasteiger partial charge in [0.2, 0.25) is 0 Å². The molecule has 1 N–H and O–H groups in total. The van der Waals surface area contributed by atoms with Gasteiger partial charge in [0.25, 0.3) is 5.91 Å². The van der Waals surface area contributed by atoms with Crippen molar-refractivity contribution >= 4 is 45.2 Å². The molecule has 0 atom stereocenters. The quantitative estimate of drug-likeness (QED) is 0.666. The molecule has 0 bridgehead atoms. The standard InChI is InChI=1S/C12H15BrClNOS/c1-12(2,7-13)15-11(16)9-6-8(17-3)4-5-10(9)14/h4-6H,7H2,1-3H3,(H,15,16). The van der Waals surface area contributed by atoms with Gasteiger partial charge in [-0.15, -0.1) is 11.8 Å².